The second kappa shape index (κ2) is 7.94. The largest absolute Gasteiger partial charge is 0.337 e. The molecular formula is C20H24N6O3. The number of fused-ring (bicyclic) bond motifs is 1. The highest BCUT2D eigenvalue weighted by Gasteiger charge is 2.26. The van der Waals surface area contributed by atoms with Gasteiger partial charge in [-0.25, -0.2) is 9.78 Å². The van der Waals surface area contributed by atoms with Crippen molar-refractivity contribution < 1.29 is 9.59 Å². The lowest BCUT2D eigenvalue weighted by atomic mass is 9.94. The maximum Gasteiger partial charge on any atom is 0.323 e. The van der Waals surface area contributed by atoms with Crippen molar-refractivity contribution in [3.05, 3.63) is 46.9 Å². The lowest BCUT2D eigenvalue weighted by molar-refractivity contribution is -0.117. The second-order valence-electron chi connectivity index (χ2n) is 7.40. The van der Waals surface area contributed by atoms with Gasteiger partial charge in [-0.15, -0.1) is 0 Å². The van der Waals surface area contributed by atoms with E-state index in [9.17, 15) is 14.4 Å². The van der Waals surface area contributed by atoms with E-state index < -0.39 is 5.69 Å². The molecule has 2 aromatic heterocycles. The number of amides is 2. The summed E-state index contributed by atoms with van der Waals surface area (Å²) in [7, 11) is 0. The van der Waals surface area contributed by atoms with Gasteiger partial charge < -0.3 is 24.8 Å². The van der Waals surface area contributed by atoms with Crippen LogP contribution in [0.25, 0.3) is 11.0 Å². The monoisotopic (exact) mass is 396 g/mol. The van der Waals surface area contributed by atoms with Crippen molar-refractivity contribution >= 4 is 28.5 Å². The summed E-state index contributed by atoms with van der Waals surface area (Å²) in [4.78, 5) is 47.3. The normalized spacial score (nSPS) is 16.9. The third kappa shape index (κ3) is 4.08. The van der Waals surface area contributed by atoms with Gasteiger partial charge in [-0.2, -0.15) is 0 Å². The van der Waals surface area contributed by atoms with Crippen molar-refractivity contribution in [2.24, 2.45) is 5.92 Å². The fourth-order valence-corrected chi connectivity index (χ4v) is 3.90. The fraction of sp³-hybridized carbons (Fsp3) is 0.400. The van der Waals surface area contributed by atoms with E-state index in [1.54, 1.807) is 11.2 Å². The van der Waals surface area contributed by atoms with Crippen molar-refractivity contribution in [1.82, 2.24) is 24.4 Å². The van der Waals surface area contributed by atoms with Crippen LogP contribution < -0.4 is 11.0 Å². The van der Waals surface area contributed by atoms with Crippen LogP contribution in [-0.4, -0.2) is 49.3 Å². The number of H-pyrrole nitrogens is 2. The minimum absolute atomic E-state index is 0.0753. The van der Waals surface area contributed by atoms with Gasteiger partial charge in [0.25, 0.3) is 5.91 Å². The number of carbonyl (C=O) groups is 2. The van der Waals surface area contributed by atoms with Gasteiger partial charge in [-0.1, -0.05) is 0 Å². The van der Waals surface area contributed by atoms with E-state index in [2.05, 4.69) is 27.2 Å². The molecule has 0 aliphatic carbocycles. The predicted octanol–water partition coefficient (Wildman–Crippen LogP) is 1.95. The molecule has 9 nitrogen and oxygen atoms in total. The number of aromatic nitrogens is 4. The van der Waals surface area contributed by atoms with Crippen molar-refractivity contribution in [2.45, 2.75) is 32.7 Å². The number of imidazole rings is 2. The molecule has 1 aliphatic rings. The highest BCUT2D eigenvalue weighted by Crippen LogP contribution is 2.23. The minimum atomic E-state index is -0.401. The highest BCUT2D eigenvalue weighted by molar-refractivity contribution is 5.94. The van der Waals surface area contributed by atoms with Crippen molar-refractivity contribution in [3.8, 4) is 0 Å². The first-order valence-electron chi connectivity index (χ1n) is 9.85. The van der Waals surface area contributed by atoms with Crippen molar-refractivity contribution in [1.29, 1.82) is 0 Å². The maximum atomic E-state index is 12.5. The van der Waals surface area contributed by atoms with Gasteiger partial charge in [0.15, 0.2) is 0 Å². The summed E-state index contributed by atoms with van der Waals surface area (Å²) in [6.07, 6.45) is 5.24. The quantitative estimate of drug-likeness (QED) is 0.611. The van der Waals surface area contributed by atoms with Crippen molar-refractivity contribution in [3.63, 3.8) is 0 Å². The number of carbonyl (C=O) groups excluding carboxylic acids is 2. The molecule has 3 heterocycles. The van der Waals surface area contributed by atoms with Crippen LogP contribution in [0.1, 0.15) is 36.7 Å². The van der Waals surface area contributed by atoms with E-state index >= 15 is 0 Å². The molecule has 0 saturated carbocycles. The van der Waals surface area contributed by atoms with Gasteiger partial charge in [0, 0.05) is 37.9 Å². The van der Waals surface area contributed by atoms with E-state index in [1.807, 2.05) is 22.8 Å². The maximum absolute atomic E-state index is 12.5. The average molecular weight is 396 g/mol. The molecule has 1 saturated heterocycles. The average Bonchev–Trinajstić information content (AvgIpc) is 3.33. The Morgan fingerprint density at radius 1 is 1.34 bits per heavy atom. The van der Waals surface area contributed by atoms with E-state index in [1.165, 1.54) is 6.20 Å². The number of hydrogen-bond donors (Lipinski definition) is 3. The molecule has 0 unspecified atom stereocenters. The number of rotatable bonds is 5. The minimum Gasteiger partial charge on any atom is -0.337 e. The number of aryl methyl sites for hydroxylation is 1. The van der Waals surface area contributed by atoms with Crippen LogP contribution in [0, 0.1) is 5.92 Å². The number of nitrogens with zero attached hydrogens (tertiary/aromatic N) is 3. The molecule has 4 rings (SSSR count). The summed E-state index contributed by atoms with van der Waals surface area (Å²) in [5.41, 5.74) is 2.45. The van der Waals surface area contributed by atoms with Crippen LogP contribution >= 0.6 is 0 Å². The number of piperidine rings is 1. The van der Waals surface area contributed by atoms with Crippen LogP contribution in [0.3, 0.4) is 0 Å². The summed E-state index contributed by atoms with van der Waals surface area (Å²) < 4.78 is 2.05. The molecule has 1 fully saturated rings. The van der Waals surface area contributed by atoms with E-state index in [0.29, 0.717) is 19.5 Å². The third-order valence-electron chi connectivity index (χ3n) is 5.35. The van der Waals surface area contributed by atoms with Crippen LogP contribution in [0.2, 0.25) is 0 Å². The number of anilines is 1. The Kier molecular flexibility index (Phi) is 5.20. The van der Waals surface area contributed by atoms with E-state index in [0.717, 1.165) is 36.1 Å². The standard InChI is InChI=1S/C20H24N6O3/c1-2-25-12-22-15-9-14(5-6-17(15)25)23-18(27)8-13-4-3-7-26(11-13)19(28)16-10-21-20(29)24-16/h5-6,9-10,12-13H,2-4,7-8,11H2,1H3,(H,23,27)(H2,21,24,29)/t13-/m1/s1. The van der Waals surface area contributed by atoms with Gasteiger partial charge in [0.05, 0.1) is 17.4 Å². The first-order chi connectivity index (χ1) is 14.0. The third-order valence-corrected chi connectivity index (χ3v) is 5.35. The first-order valence-corrected chi connectivity index (χ1v) is 9.85. The molecule has 29 heavy (non-hydrogen) atoms. The Morgan fingerprint density at radius 2 is 2.21 bits per heavy atom. The SMILES string of the molecule is CCn1cnc2cc(NC(=O)C[C@H]3CCCN(C(=O)c4c[nH]c(=O)[nH]4)C3)ccc21. The Hall–Kier alpha value is -3.36. The summed E-state index contributed by atoms with van der Waals surface area (Å²) in [6.45, 7) is 4.03. The fourth-order valence-electron chi connectivity index (χ4n) is 3.90. The lowest BCUT2D eigenvalue weighted by Crippen LogP contribution is -2.41. The molecule has 1 aliphatic heterocycles. The molecule has 1 atom stereocenters. The van der Waals surface area contributed by atoms with Crippen LogP contribution in [-0.2, 0) is 11.3 Å². The molecule has 9 heteroatoms. The first kappa shape index (κ1) is 19.0. The number of aromatic amines is 2. The number of hydrogen-bond acceptors (Lipinski definition) is 4. The van der Waals surface area contributed by atoms with E-state index in [4.69, 9.17) is 0 Å². The predicted molar refractivity (Wildman–Crippen MR) is 109 cm³/mol. The van der Waals surface area contributed by atoms with Gasteiger partial charge in [0.1, 0.15) is 5.69 Å². The summed E-state index contributed by atoms with van der Waals surface area (Å²) in [6, 6.07) is 5.71. The van der Waals surface area contributed by atoms with Gasteiger partial charge in [-0.05, 0) is 43.9 Å². The van der Waals surface area contributed by atoms with Crippen LogP contribution in [0.15, 0.2) is 35.5 Å². The van der Waals surface area contributed by atoms with Gasteiger partial charge in [-0.3, -0.25) is 9.59 Å². The second-order valence-corrected chi connectivity index (χ2v) is 7.40. The highest BCUT2D eigenvalue weighted by atomic mass is 16.2. The molecule has 152 valence electrons. The molecule has 3 N–H and O–H groups in total. The number of nitrogens with one attached hydrogen (secondary N) is 3. The lowest BCUT2D eigenvalue weighted by Gasteiger charge is -2.32. The molecule has 0 spiro atoms. The van der Waals surface area contributed by atoms with Crippen LogP contribution in [0.4, 0.5) is 5.69 Å². The molecular weight excluding hydrogens is 372 g/mol. The Morgan fingerprint density at radius 3 is 2.97 bits per heavy atom. The Bertz CT molecular complexity index is 1100. The zero-order valence-corrected chi connectivity index (χ0v) is 16.3. The molecule has 0 radical (unpaired) electrons. The number of benzene rings is 1. The molecule has 0 bridgehead atoms. The summed E-state index contributed by atoms with van der Waals surface area (Å²) >= 11 is 0. The molecule has 3 aromatic rings. The van der Waals surface area contributed by atoms with Crippen molar-refractivity contribution in [2.75, 3.05) is 18.4 Å². The summed E-state index contributed by atoms with van der Waals surface area (Å²) in [5, 5.41) is 2.94. The Labute approximate surface area is 167 Å². The number of likely N-dealkylation sites (tertiary alicyclic amines) is 1. The smallest absolute Gasteiger partial charge is 0.323 e. The van der Waals surface area contributed by atoms with Crippen LogP contribution in [0.5, 0.6) is 0 Å². The van der Waals surface area contributed by atoms with Gasteiger partial charge >= 0.3 is 5.69 Å². The zero-order valence-electron chi connectivity index (χ0n) is 16.3. The Balaban J connectivity index is 1.36. The van der Waals surface area contributed by atoms with Gasteiger partial charge in [0.2, 0.25) is 5.91 Å². The molecule has 1 aromatic carbocycles. The topological polar surface area (TPSA) is 116 Å². The summed E-state index contributed by atoms with van der Waals surface area (Å²) in [5.74, 6) is -0.208. The molecule has 2 amide bonds. The van der Waals surface area contributed by atoms with E-state index in [-0.39, 0.29) is 23.4 Å². The zero-order chi connectivity index (χ0) is 20.4.